The van der Waals surface area contributed by atoms with Gasteiger partial charge < -0.3 is 5.32 Å². The van der Waals surface area contributed by atoms with Gasteiger partial charge in [-0.2, -0.15) is 0 Å². The summed E-state index contributed by atoms with van der Waals surface area (Å²) in [6, 6.07) is 13.9. The zero-order valence-electron chi connectivity index (χ0n) is 14.6. The third kappa shape index (κ3) is 3.25. The first-order valence-corrected chi connectivity index (χ1v) is 8.78. The molecule has 0 aliphatic carbocycles. The molecule has 0 unspecified atom stereocenters. The molecule has 5 nitrogen and oxygen atoms in total. The summed E-state index contributed by atoms with van der Waals surface area (Å²) in [6.07, 6.45) is 0. The average Bonchev–Trinajstić information content (AvgIpc) is 2.95. The van der Waals surface area contributed by atoms with Gasteiger partial charge in [0.25, 0.3) is 17.7 Å². The third-order valence-electron chi connectivity index (χ3n) is 4.41. The Morgan fingerprint density at radius 3 is 2.14 bits per heavy atom. The first-order valence-electron chi connectivity index (χ1n) is 8.40. The van der Waals surface area contributed by atoms with Crippen molar-refractivity contribution >= 4 is 40.7 Å². The van der Waals surface area contributed by atoms with Crippen LogP contribution >= 0.6 is 11.6 Å². The number of fused-ring (bicyclic) bond motifs is 1. The van der Waals surface area contributed by atoms with Gasteiger partial charge in [-0.3, -0.25) is 14.4 Å². The zero-order valence-corrected chi connectivity index (χ0v) is 15.3. The van der Waals surface area contributed by atoms with Crippen LogP contribution in [0.5, 0.6) is 0 Å². The lowest BCUT2D eigenvalue weighted by atomic mass is 10.1. The van der Waals surface area contributed by atoms with Crippen molar-refractivity contribution in [3.63, 3.8) is 0 Å². The van der Waals surface area contributed by atoms with E-state index in [-0.39, 0.29) is 22.0 Å². The maximum atomic E-state index is 13.4. The third-order valence-corrected chi connectivity index (χ3v) is 4.72. The van der Waals surface area contributed by atoms with Crippen LogP contribution < -0.4 is 10.2 Å². The molecule has 3 aromatic rings. The van der Waals surface area contributed by atoms with E-state index in [1.165, 1.54) is 12.1 Å². The Balaban J connectivity index is 1.62. The fraction of sp³-hybridized carbons (Fsp3) is 0. The molecular weight excluding hydrogens is 402 g/mol. The second-order valence-electron chi connectivity index (χ2n) is 6.24. The number of amides is 3. The van der Waals surface area contributed by atoms with Gasteiger partial charge in [0.2, 0.25) is 0 Å². The van der Waals surface area contributed by atoms with Crippen molar-refractivity contribution in [3.8, 4) is 0 Å². The van der Waals surface area contributed by atoms with Gasteiger partial charge in [-0.1, -0.05) is 29.8 Å². The molecule has 8 heteroatoms. The Labute approximate surface area is 168 Å². The number of anilines is 2. The van der Waals surface area contributed by atoms with Gasteiger partial charge in [0.1, 0.15) is 0 Å². The van der Waals surface area contributed by atoms with E-state index in [1.54, 1.807) is 36.4 Å². The van der Waals surface area contributed by atoms with Gasteiger partial charge in [0.05, 0.1) is 27.4 Å². The highest BCUT2D eigenvalue weighted by atomic mass is 35.5. The van der Waals surface area contributed by atoms with Gasteiger partial charge in [0, 0.05) is 5.69 Å². The van der Waals surface area contributed by atoms with E-state index < -0.39 is 29.4 Å². The Morgan fingerprint density at radius 1 is 0.862 bits per heavy atom. The van der Waals surface area contributed by atoms with Crippen LogP contribution in [0.15, 0.2) is 60.7 Å². The second-order valence-corrected chi connectivity index (χ2v) is 6.65. The van der Waals surface area contributed by atoms with E-state index in [1.807, 2.05) is 0 Å². The van der Waals surface area contributed by atoms with E-state index in [4.69, 9.17) is 11.6 Å². The van der Waals surface area contributed by atoms with Crippen molar-refractivity contribution < 1.29 is 23.2 Å². The molecule has 1 N–H and O–H groups in total. The summed E-state index contributed by atoms with van der Waals surface area (Å²) >= 11 is 5.82. The molecule has 1 aliphatic heterocycles. The second kappa shape index (κ2) is 7.10. The maximum Gasteiger partial charge on any atom is 0.266 e. The standard InChI is InChI=1S/C21H11ClF2N2O3/c22-16-10-18(24)17(23)9-15(16)19(27)25-11-4-3-5-12(8-11)26-20(28)13-6-1-2-7-14(13)21(26)29/h1-10H,(H,25,27). The molecule has 0 bridgehead atoms. The van der Waals surface area contributed by atoms with Crippen LogP contribution in [0.25, 0.3) is 0 Å². The number of benzene rings is 3. The summed E-state index contributed by atoms with van der Waals surface area (Å²) < 4.78 is 26.6. The first-order chi connectivity index (χ1) is 13.9. The van der Waals surface area contributed by atoms with Crippen molar-refractivity contribution in [2.75, 3.05) is 10.2 Å². The van der Waals surface area contributed by atoms with Crippen molar-refractivity contribution in [2.24, 2.45) is 0 Å². The molecule has 0 radical (unpaired) electrons. The molecule has 0 aromatic heterocycles. The molecule has 0 spiro atoms. The average molecular weight is 413 g/mol. The Hall–Kier alpha value is -3.58. The lowest BCUT2D eigenvalue weighted by Gasteiger charge is -2.15. The van der Waals surface area contributed by atoms with E-state index in [9.17, 15) is 23.2 Å². The predicted molar refractivity (Wildman–Crippen MR) is 103 cm³/mol. The molecule has 1 heterocycles. The number of halogens is 3. The van der Waals surface area contributed by atoms with Crippen LogP contribution in [0.2, 0.25) is 5.02 Å². The molecule has 29 heavy (non-hydrogen) atoms. The van der Waals surface area contributed by atoms with Crippen LogP contribution in [0.4, 0.5) is 20.2 Å². The Kier molecular flexibility index (Phi) is 4.60. The summed E-state index contributed by atoms with van der Waals surface area (Å²) in [5.74, 6) is -4.10. The number of carbonyl (C=O) groups is 3. The molecule has 4 rings (SSSR count). The molecule has 1 aliphatic rings. The smallest absolute Gasteiger partial charge is 0.266 e. The Bertz CT molecular complexity index is 1160. The topological polar surface area (TPSA) is 66.5 Å². The highest BCUT2D eigenvalue weighted by molar-refractivity contribution is 6.35. The van der Waals surface area contributed by atoms with Gasteiger partial charge in [-0.25, -0.2) is 13.7 Å². The van der Waals surface area contributed by atoms with Gasteiger partial charge in [0.15, 0.2) is 11.6 Å². The number of nitrogens with zero attached hydrogens (tertiary/aromatic N) is 1. The predicted octanol–water partition coefficient (Wildman–Crippen LogP) is 4.67. The number of nitrogens with one attached hydrogen (secondary N) is 1. The lowest BCUT2D eigenvalue weighted by molar-refractivity contribution is 0.0925. The molecule has 0 saturated carbocycles. The van der Waals surface area contributed by atoms with E-state index in [0.717, 1.165) is 4.90 Å². The SMILES string of the molecule is O=C(Nc1cccc(N2C(=O)c3ccccc3C2=O)c1)c1cc(F)c(F)cc1Cl. The summed E-state index contributed by atoms with van der Waals surface area (Å²) in [5.41, 5.74) is 0.827. The quantitative estimate of drug-likeness (QED) is 0.502. The van der Waals surface area contributed by atoms with Crippen molar-refractivity contribution in [2.45, 2.75) is 0 Å². The number of carbonyl (C=O) groups excluding carboxylic acids is 3. The summed E-state index contributed by atoms with van der Waals surface area (Å²) in [6.45, 7) is 0. The highest BCUT2D eigenvalue weighted by Gasteiger charge is 2.36. The van der Waals surface area contributed by atoms with Crippen LogP contribution in [0.1, 0.15) is 31.1 Å². The van der Waals surface area contributed by atoms with Crippen LogP contribution in [-0.4, -0.2) is 17.7 Å². The van der Waals surface area contributed by atoms with Crippen LogP contribution in [0.3, 0.4) is 0 Å². The van der Waals surface area contributed by atoms with Gasteiger partial charge in [-0.15, -0.1) is 0 Å². The number of rotatable bonds is 3. The summed E-state index contributed by atoms with van der Waals surface area (Å²) in [5, 5.41) is 2.25. The lowest BCUT2D eigenvalue weighted by Crippen LogP contribution is -2.29. The number of hydrogen-bond donors (Lipinski definition) is 1. The van der Waals surface area contributed by atoms with Crippen molar-refractivity contribution in [1.29, 1.82) is 0 Å². The minimum absolute atomic E-state index is 0.241. The van der Waals surface area contributed by atoms with Crippen molar-refractivity contribution in [1.82, 2.24) is 0 Å². The highest BCUT2D eigenvalue weighted by Crippen LogP contribution is 2.30. The fourth-order valence-corrected chi connectivity index (χ4v) is 3.28. The molecule has 0 saturated heterocycles. The largest absolute Gasteiger partial charge is 0.322 e. The first kappa shape index (κ1) is 18.8. The Morgan fingerprint density at radius 2 is 1.48 bits per heavy atom. The van der Waals surface area contributed by atoms with Crippen molar-refractivity contribution in [3.05, 3.63) is 94.0 Å². The molecule has 3 aromatic carbocycles. The molecule has 3 amide bonds. The summed E-state index contributed by atoms with van der Waals surface area (Å²) in [4.78, 5) is 38.6. The van der Waals surface area contributed by atoms with E-state index >= 15 is 0 Å². The van der Waals surface area contributed by atoms with Crippen LogP contribution in [-0.2, 0) is 0 Å². The van der Waals surface area contributed by atoms with E-state index in [2.05, 4.69) is 5.32 Å². The summed E-state index contributed by atoms with van der Waals surface area (Å²) in [7, 11) is 0. The van der Waals surface area contributed by atoms with Crippen LogP contribution in [0, 0.1) is 11.6 Å². The normalized spacial score (nSPS) is 12.9. The molecule has 0 atom stereocenters. The molecule has 144 valence electrons. The molecular formula is C21H11ClF2N2O3. The minimum Gasteiger partial charge on any atom is -0.322 e. The molecule has 0 fully saturated rings. The monoisotopic (exact) mass is 412 g/mol. The van der Waals surface area contributed by atoms with Gasteiger partial charge in [-0.05, 0) is 42.5 Å². The zero-order chi connectivity index (χ0) is 20.7. The van der Waals surface area contributed by atoms with Gasteiger partial charge >= 0.3 is 0 Å². The van der Waals surface area contributed by atoms with E-state index in [0.29, 0.717) is 23.3 Å². The fourth-order valence-electron chi connectivity index (χ4n) is 3.04. The minimum atomic E-state index is -1.21. The number of hydrogen-bond acceptors (Lipinski definition) is 3. The maximum absolute atomic E-state index is 13.4. The number of imide groups is 1.